The number of aliphatic carboxylic acids is 1. The van der Waals surface area contributed by atoms with Crippen molar-refractivity contribution in [2.24, 2.45) is 13.0 Å². The van der Waals surface area contributed by atoms with Gasteiger partial charge in [0.15, 0.2) is 11.5 Å². The molecular formula is C31H31ClF6N8O5. The van der Waals surface area contributed by atoms with Gasteiger partial charge in [-0.2, -0.15) is 36.7 Å². The Morgan fingerprint density at radius 2 is 1.61 bits per heavy atom. The first-order chi connectivity index (χ1) is 23.9. The Bertz CT molecular complexity index is 1820. The molecule has 13 nitrogen and oxygen atoms in total. The quantitative estimate of drug-likeness (QED) is 0.223. The van der Waals surface area contributed by atoms with Gasteiger partial charge in [0.2, 0.25) is 5.91 Å². The number of carbonyl (C=O) groups excluding carboxylic acids is 3. The SMILES string of the molecule is Cn1c(-c2cn(CC#N)nc2C(F)(F)F)cnc1C(=O)Nc1ccc(C(=O)NC2CCC(NC(=O)C3CCC3)CC2)c(Cl)c1.O=C(O)C(F)(F)F. The minimum absolute atomic E-state index is 0.0218. The predicted octanol–water partition coefficient (Wildman–Crippen LogP) is 5.32. The van der Waals surface area contributed by atoms with Crippen molar-refractivity contribution in [1.82, 2.24) is 30.0 Å². The Morgan fingerprint density at radius 1 is 1.00 bits per heavy atom. The van der Waals surface area contributed by atoms with Crippen LogP contribution in [-0.4, -0.2) is 66.4 Å². The molecule has 2 aliphatic rings. The first-order valence-electron chi connectivity index (χ1n) is 15.4. The molecule has 0 unspecified atom stereocenters. The second-order valence-electron chi connectivity index (χ2n) is 11.9. The maximum atomic E-state index is 13.6. The molecule has 0 saturated heterocycles. The van der Waals surface area contributed by atoms with E-state index >= 15 is 0 Å². The fourth-order valence-electron chi connectivity index (χ4n) is 5.44. The Kier molecular flexibility index (Phi) is 12.0. The van der Waals surface area contributed by atoms with Gasteiger partial charge in [0, 0.05) is 36.9 Å². The summed E-state index contributed by atoms with van der Waals surface area (Å²) < 4.78 is 74.6. The standard InChI is InChI=1S/C29H30ClF3N8O3.C2HF3O2/c1-40-23(21-15-41(12-11-34)39-24(21)29(31,32)33)14-35-25(40)28(44)38-19-9-10-20(22(30)13-19)27(43)37-18-7-5-17(6-8-18)36-26(42)16-3-2-4-16;3-2(4,5)1(6)7/h9-10,13-18H,2-8,12H2,1H3,(H,36,42)(H,37,43)(H,38,44);(H,6,7). The number of aromatic nitrogens is 4. The number of carboxylic acids is 1. The number of amides is 3. The third-order valence-corrected chi connectivity index (χ3v) is 8.64. The van der Waals surface area contributed by atoms with Gasteiger partial charge in [-0.25, -0.2) is 9.78 Å². The number of hydrogen-bond acceptors (Lipinski definition) is 7. The van der Waals surface area contributed by atoms with Crippen molar-refractivity contribution < 1.29 is 50.6 Å². The van der Waals surface area contributed by atoms with Crippen molar-refractivity contribution in [3.63, 3.8) is 0 Å². The van der Waals surface area contributed by atoms with Crippen molar-refractivity contribution in [1.29, 1.82) is 5.26 Å². The van der Waals surface area contributed by atoms with Gasteiger partial charge in [-0.15, -0.1) is 0 Å². The Morgan fingerprint density at radius 3 is 2.12 bits per heavy atom. The summed E-state index contributed by atoms with van der Waals surface area (Å²) >= 11 is 6.39. The molecule has 5 rings (SSSR count). The van der Waals surface area contributed by atoms with Gasteiger partial charge >= 0.3 is 18.3 Å². The highest BCUT2D eigenvalue weighted by molar-refractivity contribution is 6.34. The number of imidazole rings is 1. The van der Waals surface area contributed by atoms with Crippen molar-refractivity contribution in [2.75, 3.05) is 5.32 Å². The molecule has 2 fully saturated rings. The monoisotopic (exact) mass is 744 g/mol. The van der Waals surface area contributed by atoms with Crippen molar-refractivity contribution in [3.05, 3.63) is 52.7 Å². The van der Waals surface area contributed by atoms with E-state index in [-0.39, 0.29) is 69.7 Å². The lowest BCUT2D eigenvalue weighted by molar-refractivity contribution is -0.192. The van der Waals surface area contributed by atoms with E-state index in [1.807, 2.05) is 0 Å². The van der Waals surface area contributed by atoms with E-state index in [0.29, 0.717) is 0 Å². The number of hydrogen-bond donors (Lipinski definition) is 4. The number of halogens is 7. The molecule has 2 aromatic heterocycles. The molecule has 0 atom stereocenters. The highest BCUT2D eigenvalue weighted by Crippen LogP contribution is 2.36. The molecule has 3 amide bonds. The molecule has 0 spiro atoms. The summed E-state index contributed by atoms with van der Waals surface area (Å²) in [5.74, 6) is -3.74. The molecule has 4 N–H and O–H groups in total. The molecular weight excluding hydrogens is 714 g/mol. The van der Waals surface area contributed by atoms with Crippen LogP contribution in [0.4, 0.5) is 32.0 Å². The summed E-state index contributed by atoms with van der Waals surface area (Å²) in [7, 11) is 1.38. The summed E-state index contributed by atoms with van der Waals surface area (Å²) in [6.45, 7) is -0.385. The lowest BCUT2D eigenvalue weighted by Gasteiger charge is -2.32. The van der Waals surface area contributed by atoms with E-state index in [1.54, 1.807) is 6.07 Å². The predicted molar refractivity (Wildman–Crippen MR) is 167 cm³/mol. The molecule has 51 heavy (non-hydrogen) atoms. The molecule has 274 valence electrons. The van der Waals surface area contributed by atoms with Gasteiger partial charge in [-0.3, -0.25) is 19.1 Å². The number of carbonyl (C=O) groups is 4. The summed E-state index contributed by atoms with van der Waals surface area (Å²) in [6, 6.07) is 6.16. The van der Waals surface area contributed by atoms with Crippen LogP contribution < -0.4 is 16.0 Å². The Hall–Kier alpha value is -5.12. The van der Waals surface area contributed by atoms with E-state index in [2.05, 4.69) is 26.0 Å². The van der Waals surface area contributed by atoms with Gasteiger partial charge in [-0.1, -0.05) is 18.0 Å². The number of benzene rings is 1. The highest BCUT2D eigenvalue weighted by Gasteiger charge is 2.39. The van der Waals surface area contributed by atoms with Crippen molar-refractivity contribution in [3.8, 4) is 17.3 Å². The third kappa shape index (κ3) is 9.78. The minimum Gasteiger partial charge on any atom is -0.475 e. The number of alkyl halides is 6. The zero-order valence-corrected chi connectivity index (χ0v) is 27.5. The average Bonchev–Trinajstić information content (AvgIpc) is 3.60. The maximum absolute atomic E-state index is 13.6. The van der Waals surface area contributed by atoms with Gasteiger partial charge in [-0.05, 0) is 56.7 Å². The van der Waals surface area contributed by atoms with Crippen LogP contribution in [0.5, 0.6) is 0 Å². The van der Waals surface area contributed by atoms with E-state index in [4.69, 9.17) is 26.8 Å². The van der Waals surface area contributed by atoms with Crippen LogP contribution in [0.15, 0.2) is 30.6 Å². The van der Waals surface area contributed by atoms with Crippen LogP contribution in [0, 0.1) is 17.2 Å². The smallest absolute Gasteiger partial charge is 0.475 e. The number of nitrogens with zero attached hydrogens (tertiary/aromatic N) is 5. The lowest BCUT2D eigenvalue weighted by atomic mass is 9.84. The van der Waals surface area contributed by atoms with Gasteiger partial charge in [0.25, 0.3) is 11.8 Å². The van der Waals surface area contributed by atoms with Crippen LogP contribution in [0.1, 0.15) is 71.6 Å². The largest absolute Gasteiger partial charge is 0.490 e. The fraction of sp³-hybridized carbons (Fsp3) is 0.452. The lowest BCUT2D eigenvalue weighted by Crippen LogP contribution is -2.46. The number of nitriles is 1. The Labute approximate surface area is 290 Å². The van der Waals surface area contributed by atoms with E-state index in [1.165, 1.54) is 29.8 Å². The summed E-state index contributed by atoms with van der Waals surface area (Å²) in [6.07, 6.45) is -1.67. The van der Waals surface area contributed by atoms with Crippen LogP contribution in [0.2, 0.25) is 5.02 Å². The highest BCUT2D eigenvalue weighted by atomic mass is 35.5. The fourth-order valence-corrected chi connectivity index (χ4v) is 5.71. The third-order valence-electron chi connectivity index (χ3n) is 8.33. The number of rotatable bonds is 8. The molecule has 0 aliphatic heterocycles. The maximum Gasteiger partial charge on any atom is 0.490 e. The second kappa shape index (κ2) is 15.8. The van der Waals surface area contributed by atoms with Gasteiger partial charge in [0.05, 0.1) is 34.1 Å². The van der Waals surface area contributed by atoms with E-state index in [9.17, 15) is 40.7 Å². The summed E-state index contributed by atoms with van der Waals surface area (Å²) in [4.78, 5) is 51.0. The summed E-state index contributed by atoms with van der Waals surface area (Å²) in [5, 5.41) is 28.3. The topological polar surface area (TPSA) is 184 Å². The van der Waals surface area contributed by atoms with Crippen molar-refractivity contribution in [2.45, 2.75) is 75.9 Å². The molecule has 1 aromatic carbocycles. The zero-order valence-electron chi connectivity index (χ0n) is 26.7. The molecule has 3 aromatic rings. The van der Waals surface area contributed by atoms with Gasteiger partial charge in [0.1, 0.15) is 6.54 Å². The van der Waals surface area contributed by atoms with Crippen LogP contribution in [-0.2, 0) is 29.4 Å². The molecule has 2 heterocycles. The van der Waals surface area contributed by atoms with Crippen LogP contribution in [0.25, 0.3) is 11.3 Å². The van der Waals surface area contributed by atoms with E-state index < -0.39 is 29.9 Å². The van der Waals surface area contributed by atoms with Crippen molar-refractivity contribution >= 4 is 41.0 Å². The molecule has 0 radical (unpaired) electrons. The first kappa shape index (κ1) is 38.7. The molecule has 2 saturated carbocycles. The Balaban J connectivity index is 0.000000755. The number of nitrogens with one attached hydrogen (secondary N) is 3. The van der Waals surface area contributed by atoms with Crippen LogP contribution in [0.3, 0.4) is 0 Å². The normalized spacial score (nSPS) is 17.6. The molecule has 20 heteroatoms. The van der Waals surface area contributed by atoms with Crippen LogP contribution >= 0.6 is 11.6 Å². The second-order valence-corrected chi connectivity index (χ2v) is 12.3. The first-order valence-corrected chi connectivity index (χ1v) is 15.8. The summed E-state index contributed by atoms with van der Waals surface area (Å²) in [5.41, 5.74) is -1.08. The molecule has 2 aliphatic carbocycles. The number of carboxylic acid groups (broad SMARTS) is 1. The number of anilines is 1. The minimum atomic E-state index is -5.08. The zero-order chi connectivity index (χ0) is 37.7. The van der Waals surface area contributed by atoms with E-state index in [0.717, 1.165) is 62.0 Å². The molecule has 0 bridgehead atoms. The van der Waals surface area contributed by atoms with Gasteiger partial charge < -0.3 is 25.6 Å². The average molecular weight is 745 g/mol.